The predicted molar refractivity (Wildman–Crippen MR) is 139 cm³/mol. The van der Waals surface area contributed by atoms with E-state index in [9.17, 15) is 14.7 Å². The number of ketones is 1. The number of benzene rings is 3. The van der Waals surface area contributed by atoms with E-state index in [1.165, 1.54) is 12.0 Å². The number of rotatable bonds is 4. The summed E-state index contributed by atoms with van der Waals surface area (Å²) in [7, 11) is 1.52. The van der Waals surface area contributed by atoms with Gasteiger partial charge in [-0.1, -0.05) is 68.8 Å². The van der Waals surface area contributed by atoms with Gasteiger partial charge in [-0.05, 0) is 60.2 Å². The smallest absolute Gasteiger partial charge is 0.300 e. The van der Waals surface area contributed by atoms with Gasteiger partial charge in [-0.15, -0.1) is 0 Å². The van der Waals surface area contributed by atoms with Crippen LogP contribution in [0.3, 0.4) is 0 Å². The largest absolute Gasteiger partial charge is 0.507 e. The average molecular weight is 470 g/mol. The predicted octanol–water partition coefficient (Wildman–Crippen LogP) is 6.24. The molecule has 0 spiro atoms. The van der Waals surface area contributed by atoms with Gasteiger partial charge in [0.1, 0.15) is 11.5 Å². The summed E-state index contributed by atoms with van der Waals surface area (Å²) in [5.41, 5.74) is 4.55. The third-order valence-corrected chi connectivity index (χ3v) is 6.56. The molecule has 5 heteroatoms. The van der Waals surface area contributed by atoms with Crippen molar-refractivity contribution >= 4 is 23.1 Å². The van der Waals surface area contributed by atoms with Gasteiger partial charge in [-0.2, -0.15) is 0 Å². The summed E-state index contributed by atoms with van der Waals surface area (Å²) in [6.45, 7) is 10.1. The summed E-state index contributed by atoms with van der Waals surface area (Å²) < 4.78 is 5.54. The molecule has 1 saturated heterocycles. The summed E-state index contributed by atoms with van der Waals surface area (Å²) in [6, 6.07) is 19.9. The highest BCUT2D eigenvalue weighted by Gasteiger charge is 2.47. The van der Waals surface area contributed by atoms with Crippen molar-refractivity contribution in [2.45, 2.75) is 46.1 Å². The van der Waals surface area contributed by atoms with Crippen molar-refractivity contribution in [3.63, 3.8) is 0 Å². The fourth-order valence-electron chi connectivity index (χ4n) is 4.50. The molecule has 1 amide bonds. The third-order valence-electron chi connectivity index (χ3n) is 6.56. The Balaban J connectivity index is 2.01. The Hall–Kier alpha value is -3.86. The van der Waals surface area contributed by atoms with Crippen LogP contribution in [0.2, 0.25) is 0 Å². The average Bonchev–Trinajstić information content (AvgIpc) is 3.08. The van der Waals surface area contributed by atoms with E-state index in [0.29, 0.717) is 17.0 Å². The first-order valence-electron chi connectivity index (χ1n) is 11.7. The fourth-order valence-corrected chi connectivity index (χ4v) is 4.50. The molecule has 4 rings (SSSR count). The molecular weight excluding hydrogens is 438 g/mol. The van der Waals surface area contributed by atoms with E-state index >= 15 is 0 Å². The quantitative estimate of drug-likeness (QED) is 0.279. The van der Waals surface area contributed by atoms with Crippen molar-refractivity contribution in [1.29, 1.82) is 0 Å². The van der Waals surface area contributed by atoms with Gasteiger partial charge in [0, 0.05) is 5.69 Å². The zero-order chi connectivity index (χ0) is 25.5. The van der Waals surface area contributed by atoms with Crippen LogP contribution in [-0.4, -0.2) is 23.9 Å². The number of hydrogen-bond acceptors (Lipinski definition) is 4. The van der Waals surface area contributed by atoms with Gasteiger partial charge in [0.05, 0.1) is 24.3 Å². The number of nitrogens with zero attached hydrogens (tertiary/aromatic N) is 1. The lowest BCUT2D eigenvalue weighted by molar-refractivity contribution is -0.132. The van der Waals surface area contributed by atoms with Crippen LogP contribution in [-0.2, 0) is 15.0 Å². The van der Waals surface area contributed by atoms with Gasteiger partial charge < -0.3 is 9.84 Å². The van der Waals surface area contributed by atoms with Crippen molar-refractivity contribution in [2.24, 2.45) is 0 Å². The fraction of sp³-hybridized carbons (Fsp3) is 0.267. The summed E-state index contributed by atoms with van der Waals surface area (Å²) in [4.78, 5) is 28.4. The zero-order valence-corrected chi connectivity index (χ0v) is 21.0. The van der Waals surface area contributed by atoms with Gasteiger partial charge in [-0.25, -0.2) is 0 Å². The number of aryl methyl sites for hydroxylation is 2. The highest BCUT2D eigenvalue weighted by Crippen LogP contribution is 2.44. The number of ether oxygens (including phenoxy) is 1. The molecule has 3 aromatic rings. The molecule has 1 aliphatic heterocycles. The van der Waals surface area contributed by atoms with E-state index in [4.69, 9.17) is 4.74 Å². The van der Waals surface area contributed by atoms with Gasteiger partial charge in [0.15, 0.2) is 0 Å². The van der Waals surface area contributed by atoms with Crippen LogP contribution in [0.4, 0.5) is 5.69 Å². The lowest BCUT2D eigenvalue weighted by atomic mass is 9.85. The van der Waals surface area contributed by atoms with E-state index in [-0.39, 0.29) is 16.7 Å². The minimum atomic E-state index is -0.776. The van der Waals surface area contributed by atoms with Gasteiger partial charge in [0.2, 0.25) is 0 Å². The maximum atomic E-state index is 13.5. The highest BCUT2D eigenvalue weighted by molar-refractivity contribution is 6.51. The number of aliphatic hydroxyl groups excluding tert-OH is 1. The highest BCUT2D eigenvalue weighted by atomic mass is 16.5. The lowest BCUT2D eigenvalue weighted by Crippen LogP contribution is -2.29. The van der Waals surface area contributed by atoms with Crippen molar-refractivity contribution in [3.8, 4) is 5.75 Å². The molecule has 0 bridgehead atoms. The summed E-state index contributed by atoms with van der Waals surface area (Å²) >= 11 is 0. The van der Waals surface area contributed by atoms with Gasteiger partial charge in [0.25, 0.3) is 11.7 Å². The number of aliphatic hydroxyl groups is 1. The second kappa shape index (κ2) is 9.06. The molecule has 5 nitrogen and oxygen atoms in total. The van der Waals surface area contributed by atoms with E-state index < -0.39 is 17.7 Å². The molecule has 1 fully saturated rings. The molecule has 180 valence electrons. The number of methoxy groups -OCH3 is 1. The molecule has 1 N–H and O–H groups in total. The monoisotopic (exact) mass is 469 g/mol. The molecule has 1 unspecified atom stereocenters. The molecule has 1 aliphatic rings. The molecule has 0 aromatic heterocycles. The van der Waals surface area contributed by atoms with Gasteiger partial charge in [-0.3, -0.25) is 14.5 Å². The van der Waals surface area contributed by atoms with Crippen LogP contribution in [0.1, 0.15) is 54.6 Å². The van der Waals surface area contributed by atoms with Crippen molar-refractivity contribution in [2.75, 3.05) is 12.0 Å². The number of amides is 1. The van der Waals surface area contributed by atoms with Crippen molar-refractivity contribution in [3.05, 3.63) is 100 Å². The Labute approximate surface area is 206 Å². The van der Waals surface area contributed by atoms with Gasteiger partial charge >= 0.3 is 0 Å². The Morgan fingerprint density at radius 2 is 1.60 bits per heavy atom. The second-order valence-corrected chi connectivity index (χ2v) is 10.0. The van der Waals surface area contributed by atoms with Crippen molar-refractivity contribution < 1.29 is 19.4 Å². The molecule has 0 radical (unpaired) electrons. The zero-order valence-electron chi connectivity index (χ0n) is 21.0. The van der Waals surface area contributed by atoms with Crippen LogP contribution in [0.25, 0.3) is 5.76 Å². The van der Waals surface area contributed by atoms with E-state index in [2.05, 4.69) is 20.8 Å². The molecule has 0 aliphatic carbocycles. The minimum absolute atomic E-state index is 0.0502. The van der Waals surface area contributed by atoms with Crippen molar-refractivity contribution in [1.82, 2.24) is 0 Å². The molecule has 0 saturated carbocycles. The summed E-state index contributed by atoms with van der Waals surface area (Å²) in [6.07, 6.45) is 0. The minimum Gasteiger partial charge on any atom is -0.507 e. The summed E-state index contributed by atoms with van der Waals surface area (Å²) in [5, 5.41) is 11.6. The van der Waals surface area contributed by atoms with Crippen LogP contribution < -0.4 is 9.64 Å². The maximum absolute atomic E-state index is 13.5. The first-order chi connectivity index (χ1) is 16.5. The standard InChI is InChI=1S/C30H31NO4/c1-18-11-14-21(15-12-18)31-26(22-10-8-7-9-19(22)2)25(28(33)29(31)34)27(32)23-17-20(30(3,4)5)13-16-24(23)35-6/h7-17,26,32H,1-6H3/b27-25+. The van der Waals surface area contributed by atoms with E-state index in [0.717, 1.165) is 22.3 Å². The third kappa shape index (κ3) is 4.34. The normalized spacial score (nSPS) is 17.7. The topological polar surface area (TPSA) is 66.8 Å². The van der Waals surface area contributed by atoms with Crippen LogP contribution in [0, 0.1) is 13.8 Å². The Bertz CT molecular complexity index is 1330. The number of hydrogen-bond donors (Lipinski definition) is 1. The first kappa shape index (κ1) is 24.3. The first-order valence-corrected chi connectivity index (χ1v) is 11.7. The van der Waals surface area contributed by atoms with E-state index in [1.54, 1.807) is 6.07 Å². The second-order valence-electron chi connectivity index (χ2n) is 10.0. The van der Waals surface area contributed by atoms with Crippen LogP contribution in [0.15, 0.2) is 72.3 Å². The lowest BCUT2D eigenvalue weighted by Gasteiger charge is -2.27. The number of carbonyl (C=O) groups is 2. The SMILES string of the molecule is COc1ccc(C(C)(C)C)cc1/C(O)=C1\C(=O)C(=O)N(c2ccc(C)cc2)C1c1ccccc1C. The number of Topliss-reactive ketones (excluding diaryl/α,β-unsaturated/α-hetero) is 1. The Morgan fingerprint density at radius 3 is 2.20 bits per heavy atom. The number of anilines is 1. The van der Waals surface area contributed by atoms with E-state index in [1.807, 2.05) is 74.5 Å². The summed E-state index contributed by atoms with van der Waals surface area (Å²) in [5.74, 6) is -1.20. The van der Waals surface area contributed by atoms with Crippen LogP contribution in [0.5, 0.6) is 5.75 Å². The molecule has 3 aromatic carbocycles. The molecular formula is C30H31NO4. The molecule has 1 atom stereocenters. The Morgan fingerprint density at radius 1 is 0.943 bits per heavy atom. The number of carbonyl (C=O) groups excluding carboxylic acids is 2. The molecule has 35 heavy (non-hydrogen) atoms. The maximum Gasteiger partial charge on any atom is 0.300 e. The molecule has 1 heterocycles. The van der Waals surface area contributed by atoms with Crippen LogP contribution >= 0.6 is 0 Å². The Kier molecular flexibility index (Phi) is 6.28.